The zero-order chi connectivity index (χ0) is 11.9. The minimum absolute atomic E-state index is 1.19. The molecular formula is C14H26S2. The summed E-state index contributed by atoms with van der Waals surface area (Å²) in [7, 11) is 0. The van der Waals surface area contributed by atoms with Crippen LogP contribution in [0.2, 0.25) is 0 Å². The summed E-state index contributed by atoms with van der Waals surface area (Å²) in [6.07, 6.45) is 14.3. The van der Waals surface area contributed by atoms with Crippen LogP contribution in [0, 0.1) is 0 Å². The van der Waals surface area contributed by atoms with E-state index in [9.17, 15) is 0 Å². The molecule has 16 heavy (non-hydrogen) atoms. The Labute approximate surface area is 110 Å². The zero-order valence-electron chi connectivity index (χ0n) is 10.8. The predicted molar refractivity (Wildman–Crippen MR) is 82.7 cm³/mol. The van der Waals surface area contributed by atoms with Crippen molar-refractivity contribution in [1.82, 2.24) is 0 Å². The van der Waals surface area contributed by atoms with Crippen molar-refractivity contribution in [2.75, 3.05) is 23.0 Å². The van der Waals surface area contributed by atoms with Crippen LogP contribution in [-0.4, -0.2) is 23.0 Å². The summed E-state index contributed by atoms with van der Waals surface area (Å²) in [6.45, 7) is 4.18. The van der Waals surface area contributed by atoms with Gasteiger partial charge in [-0.3, -0.25) is 0 Å². The standard InChI is InChI=1S/C14H26S2/c1-3-5-11-15-13-9-7-8-10-14-16-12-6-4-2/h3-6H,7-14H2,1-2H3/b5-3-,6-4-. The molecule has 94 valence electrons. The monoisotopic (exact) mass is 258 g/mol. The summed E-state index contributed by atoms with van der Waals surface area (Å²) in [6, 6.07) is 0. The molecule has 0 aromatic heterocycles. The number of hydrogen-bond donors (Lipinski definition) is 0. The van der Waals surface area contributed by atoms with Gasteiger partial charge in [0.05, 0.1) is 0 Å². The average molecular weight is 258 g/mol. The Morgan fingerprint density at radius 3 is 1.50 bits per heavy atom. The quantitative estimate of drug-likeness (QED) is 0.370. The third-order valence-electron chi connectivity index (χ3n) is 2.23. The van der Waals surface area contributed by atoms with Gasteiger partial charge in [0.1, 0.15) is 0 Å². The van der Waals surface area contributed by atoms with E-state index in [-0.39, 0.29) is 0 Å². The molecule has 0 atom stereocenters. The molecule has 0 saturated carbocycles. The van der Waals surface area contributed by atoms with E-state index in [4.69, 9.17) is 0 Å². The summed E-state index contributed by atoms with van der Waals surface area (Å²) in [5.41, 5.74) is 0. The Hall–Kier alpha value is 0.180. The number of rotatable bonds is 11. The first kappa shape index (κ1) is 16.2. The van der Waals surface area contributed by atoms with Gasteiger partial charge in [0.2, 0.25) is 0 Å². The fraction of sp³-hybridized carbons (Fsp3) is 0.714. The van der Waals surface area contributed by atoms with Crippen LogP contribution in [0.4, 0.5) is 0 Å². The van der Waals surface area contributed by atoms with E-state index in [1.807, 2.05) is 0 Å². The first-order valence-corrected chi connectivity index (χ1v) is 8.60. The van der Waals surface area contributed by atoms with Gasteiger partial charge in [0.15, 0.2) is 0 Å². The van der Waals surface area contributed by atoms with Crippen LogP contribution in [0.3, 0.4) is 0 Å². The maximum absolute atomic E-state index is 2.24. The lowest BCUT2D eigenvalue weighted by atomic mass is 10.2. The molecule has 0 saturated heterocycles. The van der Waals surface area contributed by atoms with E-state index < -0.39 is 0 Å². The fourth-order valence-corrected chi connectivity index (χ4v) is 3.06. The smallest absolute Gasteiger partial charge is 0.0113 e. The van der Waals surface area contributed by atoms with Crippen molar-refractivity contribution in [3.63, 3.8) is 0 Å². The van der Waals surface area contributed by atoms with Crippen LogP contribution in [0.1, 0.15) is 39.5 Å². The van der Waals surface area contributed by atoms with E-state index >= 15 is 0 Å². The lowest BCUT2D eigenvalue weighted by Gasteiger charge is -2.00. The van der Waals surface area contributed by atoms with Crippen molar-refractivity contribution >= 4 is 23.5 Å². The van der Waals surface area contributed by atoms with Gasteiger partial charge in [-0.1, -0.05) is 37.1 Å². The maximum Gasteiger partial charge on any atom is 0.0113 e. The molecule has 0 aromatic carbocycles. The highest BCUT2D eigenvalue weighted by Gasteiger charge is 1.91. The van der Waals surface area contributed by atoms with Gasteiger partial charge in [-0.2, -0.15) is 23.5 Å². The van der Waals surface area contributed by atoms with E-state index in [1.165, 1.54) is 48.7 Å². The van der Waals surface area contributed by atoms with Crippen LogP contribution in [0.5, 0.6) is 0 Å². The molecule has 0 spiro atoms. The third-order valence-corrected chi connectivity index (χ3v) is 4.24. The maximum atomic E-state index is 2.24. The number of allylic oxidation sites excluding steroid dienone is 2. The summed E-state index contributed by atoms with van der Waals surface area (Å²) in [4.78, 5) is 0. The van der Waals surface area contributed by atoms with Crippen LogP contribution in [0.15, 0.2) is 24.3 Å². The number of thioether (sulfide) groups is 2. The van der Waals surface area contributed by atoms with Crippen molar-refractivity contribution < 1.29 is 0 Å². The third kappa shape index (κ3) is 14.2. The van der Waals surface area contributed by atoms with Crippen molar-refractivity contribution in [3.8, 4) is 0 Å². The van der Waals surface area contributed by atoms with Gasteiger partial charge in [-0.15, -0.1) is 0 Å². The van der Waals surface area contributed by atoms with E-state index in [2.05, 4.69) is 61.7 Å². The Morgan fingerprint density at radius 2 is 1.12 bits per heavy atom. The molecule has 0 heterocycles. The van der Waals surface area contributed by atoms with E-state index in [1.54, 1.807) is 0 Å². The van der Waals surface area contributed by atoms with Crippen molar-refractivity contribution in [2.45, 2.75) is 39.5 Å². The summed E-state index contributed by atoms with van der Waals surface area (Å²) >= 11 is 4.10. The molecule has 0 aliphatic rings. The predicted octanol–water partition coefficient (Wildman–Crippen LogP) is 5.17. The van der Waals surface area contributed by atoms with Gasteiger partial charge in [-0.05, 0) is 38.2 Å². The first-order valence-electron chi connectivity index (χ1n) is 6.29. The number of hydrogen-bond acceptors (Lipinski definition) is 2. The lowest BCUT2D eigenvalue weighted by molar-refractivity contribution is 0.711. The highest BCUT2D eigenvalue weighted by atomic mass is 32.2. The molecule has 2 heteroatoms. The van der Waals surface area contributed by atoms with Crippen LogP contribution >= 0.6 is 23.5 Å². The Bertz CT molecular complexity index is 154. The summed E-state index contributed by atoms with van der Waals surface area (Å²) in [5.74, 6) is 5.04. The van der Waals surface area contributed by atoms with Gasteiger partial charge in [-0.25, -0.2) is 0 Å². The summed E-state index contributed by atoms with van der Waals surface area (Å²) in [5, 5.41) is 0. The lowest BCUT2D eigenvalue weighted by Crippen LogP contribution is -1.85. The molecule has 0 radical (unpaired) electrons. The fourth-order valence-electron chi connectivity index (χ4n) is 1.26. The van der Waals surface area contributed by atoms with E-state index in [0.29, 0.717) is 0 Å². The summed E-state index contributed by atoms with van der Waals surface area (Å²) < 4.78 is 0. The Morgan fingerprint density at radius 1 is 0.688 bits per heavy atom. The molecule has 0 amide bonds. The first-order chi connectivity index (χ1) is 7.91. The molecule has 0 N–H and O–H groups in total. The molecule has 0 fully saturated rings. The Kier molecular flexibility index (Phi) is 15.4. The second-order valence-corrected chi connectivity index (χ2v) is 6.00. The van der Waals surface area contributed by atoms with Gasteiger partial charge in [0.25, 0.3) is 0 Å². The van der Waals surface area contributed by atoms with Crippen LogP contribution in [0.25, 0.3) is 0 Å². The number of unbranched alkanes of at least 4 members (excludes halogenated alkanes) is 3. The molecule has 0 nitrogen and oxygen atoms in total. The van der Waals surface area contributed by atoms with Gasteiger partial charge >= 0.3 is 0 Å². The molecule has 0 unspecified atom stereocenters. The normalized spacial score (nSPS) is 11.9. The molecule has 0 aliphatic heterocycles. The van der Waals surface area contributed by atoms with Crippen LogP contribution < -0.4 is 0 Å². The molecule has 0 bridgehead atoms. The largest absolute Gasteiger partial charge is 0.158 e. The molecular weight excluding hydrogens is 232 g/mol. The SMILES string of the molecule is C/C=C\CSCCCCCCSC/C=C\C. The van der Waals surface area contributed by atoms with Crippen LogP contribution in [-0.2, 0) is 0 Å². The molecule has 0 rings (SSSR count). The Balaban J connectivity index is 2.93. The highest BCUT2D eigenvalue weighted by molar-refractivity contribution is 7.99. The second-order valence-electron chi connectivity index (χ2n) is 3.70. The minimum atomic E-state index is 1.19. The molecule has 0 aliphatic carbocycles. The average Bonchev–Trinajstić information content (AvgIpc) is 2.31. The topological polar surface area (TPSA) is 0 Å². The minimum Gasteiger partial charge on any atom is -0.158 e. The van der Waals surface area contributed by atoms with Crippen molar-refractivity contribution in [1.29, 1.82) is 0 Å². The van der Waals surface area contributed by atoms with Gasteiger partial charge < -0.3 is 0 Å². The van der Waals surface area contributed by atoms with Gasteiger partial charge in [0, 0.05) is 11.5 Å². The zero-order valence-corrected chi connectivity index (χ0v) is 12.4. The van der Waals surface area contributed by atoms with Crippen molar-refractivity contribution in [2.24, 2.45) is 0 Å². The second kappa shape index (κ2) is 15.2. The highest BCUT2D eigenvalue weighted by Crippen LogP contribution is 2.10. The van der Waals surface area contributed by atoms with E-state index in [0.717, 1.165) is 0 Å². The molecule has 0 aromatic rings. The van der Waals surface area contributed by atoms with Crippen molar-refractivity contribution in [3.05, 3.63) is 24.3 Å².